The zero-order chi connectivity index (χ0) is 54.8. The van der Waals surface area contributed by atoms with E-state index >= 15 is 4.39 Å². The molecule has 78 heavy (non-hydrogen) atoms. The molecule has 17 nitrogen and oxygen atoms in total. The van der Waals surface area contributed by atoms with Gasteiger partial charge < -0.3 is 40.4 Å². The maximum Gasteiger partial charge on any atom is 0.343 e. The molecule has 0 saturated carbocycles. The van der Waals surface area contributed by atoms with Crippen molar-refractivity contribution in [2.45, 2.75) is 115 Å². The van der Waals surface area contributed by atoms with Crippen molar-refractivity contribution in [3.05, 3.63) is 157 Å². The summed E-state index contributed by atoms with van der Waals surface area (Å²) in [6.45, 7) is 2.01. The predicted molar refractivity (Wildman–Crippen MR) is 284 cm³/mol. The summed E-state index contributed by atoms with van der Waals surface area (Å²) in [7, 11) is 0. The SMILES string of the molecule is CC[C@@]1(O)C(=O)OCc2c1cc1n(c2=O)Cc2c-1nc1cc(F)c(C)c3c1c2[C@@H](NC(=O)COCNC(=O)CCC(=O)[C@H](Cc1ccccc1)NC(=O)CCC(=O)CNC(=O)CCC1c2ccccc2-c2ccccc21)CC3. The number of hydrogen-bond donors (Lipinski definition) is 5. The number of rotatable bonds is 21. The molecule has 4 heterocycles. The Balaban J connectivity index is 0.700. The van der Waals surface area contributed by atoms with Crippen LogP contribution in [0.5, 0.6) is 0 Å². The third kappa shape index (κ3) is 10.5. The van der Waals surface area contributed by atoms with Crippen LogP contribution in [-0.2, 0) is 74.6 Å². The molecule has 0 spiro atoms. The van der Waals surface area contributed by atoms with Crippen LogP contribution >= 0.6 is 0 Å². The number of benzene rings is 4. The molecule has 0 saturated heterocycles. The van der Waals surface area contributed by atoms with Crippen LogP contribution in [0.2, 0.25) is 0 Å². The molecule has 10 rings (SSSR count). The monoisotopic (exact) mass is 1060 g/mol. The van der Waals surface area contributed by atoms with Crippen LogP contribution in [0.15, 0.2) is 95.8 Å². The highest BCUT2D eigenvalue weighted by molar-refractivity contribution is 5.95. The number of halogens is 1. The fourth-order valence-corrected chi connectivity index (χ4v) is 11.5. The number of nitrogens with zero attached hydrogens (tertiary/aromatic N) is 2. The van der Waals surface area contributed by atoms with Crippen LogP contribution < -0.4 is 26.8 Å². The van der Waals surface area contributed by atoms with Crippen molar-refractivity contribution in [3.63, 3.8) is 0 Å². The fourth-order valence-electron chi connectivity index (χ4n) is 11.5. The van der Waals surface area contributed by atoms with Gasteiger partial charge in [-0.3, -0.25) is 33.6 Å². The molecule has 6 aromatic rings. The normalized spacial score (nSPS) is 16.9. The number of carbonyl (C=O) groups excluding carboxylic acids is 7. The molecular weight excluding hydrogens is 1000 g/mol. The van der Waals surface area contributed by atoms with Gasteiger partial charge in [0.1, 0.15) is 25.8 Å². The molecule has 4 aliphatic rings. The number of esters is 1. The van der Waals surface area contributed by atoms with Crippen LogP contribution in [0.25, 0.3) is 33.4 Å². The van der Waals surface area contributed by atoms with Gasteiger partial charge in [0, 0.05) is 60.6 Å². The van der Waals surface area contributed by atoms with Crippen LogP contribution in [-0.4, -0.2) is 81.7 Å². The van der Waals surface area contributed by atoms with Gasteiger partial charge in [0.25, 0.3) is 5.56 Å². The summed E-state index contributed by atoms with van der Waals surface area (Å²) >= 11 is 0. The number of nitrogens with one attached hydrogen (secondary N) is 4. The molecule has 0 fully saturated rings. The Bertz CT molecular complexity index is 3460. The molecule has 2 aliphatic carbocycles. The fraction of sp³-hybridized carbons (Fsp3) is 0.350. The van der Waals surface area contributed by atoms with Crippen molar-refractivity contribution >= 4 is 52.1 Å². The van der Waals surface area contributed by atoms with Gasteiger partial charge >= 0.3 is 5.97 Å². The highest BCUT2D eigenvalue weighted by Gasteiger charge is 2.46. The molecular formula is C60H59FN6O11. The Kier molecular flexibility index (Phi) is 15.3. The first kappa shape index (κ1) is 53.2. The molecule has 18 heteroatoms. The van der Waals surface area contributed by atoms with E-state index in [1.54, 1.807) is 32.0 Å². The smallest absolute Gasteiger partial charge is 0.343 e. The first-order valence-corrected chi connectivity index (χ1v) is 26.4. The Labute approximate surface area is 448 Å². The molecule has 0 unspecified atom stereocenters. The van der Waals surface area contributed by atoms with Crippen molar-refractivity contribution in [2.75, 3.05) is 19.9 Å². The number of cyclic esters (lactones) is 1. The number of amides is 4. The summed E-state index contributed by atoms with van der Waals surface area (Å²) in [5.41, 5.74) is 6.77. The van der Waals surface area contributed by atoms with E-state index in [0.29, 0.717) is 58.2 Å². The minimum Gasteiger partial charge on any atom is -0.458 e. The number of aromatic nitrogens is 2. The lowest BCUT2D eigenvalue weighted by molar-refractivity contribution is -0.172. The highest BCUT2D eigenvalue weighted by Crippen LogP contribution is 2.48. The van der Waals surface area contributed by atoms with E-state index in [2.05, 4.69) is 45.5 Å². The third-order valence-corrected chi connectivity index (χ3v) is 15.7. The van der Waals surface area contributed by atoms with E-state index < -0.39 is 65.1 Å². The minimum absolute atomic E-state index is 0.0394. The van der Waals surface area contributed by atoms with E-state index in [1.165, 1.54) is 21.8 Å². The second kappa shape index (κ2) is 22.4. The van der Waals surface area contributed by atoms with E-state index in [4.69, 9.17) is 14.5 Å². The molecule has 0 bridgehead atoms. The zero-order valence-corrected chi connectivity index (χ0v) is 43.3. The number of aliphatic hydroxyl groups is 1. The van der Waals surface area contributed by atoms with Crippen molar-refractivity contribution in [3.8, 4) is 22.5 Å². The number of Topliss-reactive ketones (excluding diaryl/α,β-unsaturated/α-hetero) is 2. The van der Waals surface area contributed by atoms with Gasteiger partial charge in [0.15, 0.2) is 17.2 Å². The zero-order valence-electron chi connectivity index (χ0n) is 43.3. The summed E-state index contributed by atoms with van der Waals surface area (Å²) < 4.78 is 27.7. The Morgan fingerprint density at radius 2 is 1.53 bits per heavy atom. The molecule has 3 atom stereocenters. The van der Waals surface area contributed by atoms with E-state index in [9.17, 15) is 43.5 Å². The van der Waals surface area contributed by atoms with Gasteiger partial charge in [-0.25, -0.2) is 14.2 Å². The second-order valence-electron chi connectivity index (χ2n) is 20.4. The van der Waals surface area contributed by atoms with Crippen LogP contribution in [0, 0.1) is 12.7 Å². The van der Waals surface area contributed by atoms with Crippen molar-refractivity contribution in [1.82, 2.24) is 30.8 Å². The largest absolute Gasteiger partial charge is 0.458 e. The molecule has 402 valence electrons. The number of pyridine rings is 2. The lowest BCUT2D eigenvalue weighted by Crippen LogP contribution is -2.44. The topological polar surface area (TPSA) is 241 Å². The summed E-state index contributed by atoms with van der Waals surface area (Å²) in [5, 5.41) is 23.1. The van der Waals surface area contributed by atoms with Crippen molar-refractivity contribution in [1.29, 1.82) is 0 Å². The summed E-state index contributed by atoms with van der Waals surface area (Å²) in [6.07, 6.45) is 0.875. The van der Waals surface area contributed by atoms with Crippen LogP contribution in [0.4, 0.5) is 4.39 Å². The lowest BCUT2D eigenvalue weighted by atomic mass is 9.81. The quantitative estimate of drug-likeness (QED) is 0.0323. The number of ketones is 2. The lowest BCUT2D eigenvalue weighted by Gasteiger charge is -2.31. The maximum atomic E-state index is 15.4. The van der Waals surface area contributed by atoms with Gasteiger partial charge in [-0.2, -0.15) is 0 Å². The standard InChI is InChI=1S/C60H59FN6O11/c1-3-60(76)44-26-49-57-42(29-67(49)58(74)43(44)30-78-59(60)75)56-46(20-18-36-33(2)45(61)27-48(66-57)55(36)56)64-54(73)31-77-32-63-52(71)24-21-50(69)47(25-34-11-5-4-6-12-34)65-53(72)22-17-35(68)28-62-51(70)23-19-41-39-15-9-7-13-37(39)38-14-8-10-16-40(38)41/h4-16,26-27,41,46-47,76H,3,17-25,28-32H2,1-2H3,(H,62,70)(H,63,71)(H,64,73)(H,65,72)/t46-,47-,60-/m0/s1. The third-order valence-electron chi connectivity index (χ3n) is 15.7. The Morgan fingerprint density at radius 3 is 2.26 bits per heavy atom. The van der Waals surface area contributed by atoms with Gasteiger partial charge in [0.05, 0.1) is 47.6 Å². The first-order chi connectivity index (χ1) is 37.6. The van der Waals surface area contributed by atoms with Gasteiger partial charge in [-0.15, -0.1) is 0 Å². The Morgan fingerprint density at radius 1 is 0.833 bits per heavy atom. The molecule has 4 amide bonds. The van der Waals surface area contributed by atoms with Gasteiger partial charge in [-0.05, 0) is 89.6 Å². The number of ether oxygens (including phenoxy) is 2. The van der Waals surface area contributed by atoms with E-state index in [0.717, 1.165) is 22.3 Å². The predicted octanol–water partition coefficient (Wildman–Crippen LogP) is 5.86. The summed E-state index contributed by atoms with van der Waals surface area (Å²) in [5.74, 6) is -3.83. The van der Waals surface area contributed by atoms with Crippen molar-refractivity contribution < 1.29 is 52.5 Å². The number of aryl methyl sites for hydroxylation is 1. The van der Waals surface area contributed by atoms with E-state index in [-0.39, 0.29) is 100 Å². The average Bonchev–Trinajstić information content (AvgIpc) is 3.92. The highest BCUT2D eigenvalue weighted by atomic mass is 19.1. The average molecular weight is 1060 g/mol. The molecule has 4 aromatic carbocycles. The number of hydrogen-bond acceptors (Lipinski definition) is 12. The molecule has 2 aliphatic heterocycles. The first-order valence-electron chi connectivity index (χ1n) is 26.4. The van der Waals surface area contributed by atoms with Crippen LogP contribution in [0.3, 0.4) is 0 Å². The van der Waals surface area contributed by atoms with Crippen LogP contribution in [0.1, 0.15) is 120 Å². The molecule has 0 radical (unpaired) electrons. The van der Waals surface area contributed by atoms with Gasteiger partial charge in [-0.1, -0.05) is 85.8 Å². The molecule has 5 N–H and O–H groups in total. The summed E-state index contributed by atoms with van der Waals surface area (Å²) in [6, 6.07) is 26.7. The molecule has 2 aromatic heterocycles. The van der Waals surface area contributed by atoms with E-state index in [1.807, 2.05) is 42.5 Å². The minimum atomic E-state index is -2.04. The number of carbonyl (C=O) groups is 7. The Hall–Kier alpha value is -8.22. The summed E-state index contributed by atoms with van der Waals surface area (Å²) in [4.78, 5) is 111. The van der Waals surface area contributed by atoms with Crippen molar-refractivity contribution in [2.24, 2.45) is 0 Å². The maximum absolute atomic E-state index is 15.4. The number of fused-ring (bicyclic) bond motifs is 8. The second-order valence-corrected chi connectivity index (χ2v) is 20.4. The van der Waals surface area contributed by atoms with Gasteiger partial charge in [0.2, 0.25) is 23.6 Å².